The van der Waals surface area contributed by atoms with E-state index in [2.05, 4.69) is 0 Å². The average Bonchev–Trinajstić information content (AvgIpc) is 2.58. The number of rotatable bonds is 7. The van der Waals surface area contributed by atoms with Crippen molar-refractivity contribution in [1.82, 2.24) is 0 Å². The van der Waals surface area contributed by atoms with Crippen molar-refractivity contribution in [2.24, 2.45) is 11.8 Å². The zero-order chi connectivity index (χ0) is 15.8. The van der Waals surface area contributed by atoms with E-state index in [1.165, 1.54) is 38.5 Å². The summed E-state index contributed by atoms with van der Waals surface area (Å²) >= 11 is 0. The molecule has 2 aliphatic rings. The highest BCUT2D eigenvalue weighted by atomic mass is 16.6. The van der Waals surface area contributed by atoms with Crippen molar-refractivity contribution in [3.05, 3.63) is 0 Å². The third kappa shape index (κ3) is 3.83. The molecule has 0 aliphatic heterocycles. The maximum atomic E-state index is 12.9. The van der Waals surface area contributed by atoms with E-state index in [9.17, 15) is 9.90 Å². The molecule has 22 heavy (non-hydrogen) atoms. The second kappa shape index (κ2) is 8.88. The molecule has 0 unspecified atom stereocenters. The third-order valence-corrected chi connectivity index (χ3v) is 5.45. The lowest BCUT2D eigenvalue weighted by Gasteiger charge is -2.46. The molecule has 0 heterocycles. The fourth-order valence-corrected chi connectivity index (χ4v) is 4.48. The Balaban J connectivity index is 2.29. The van der Waals surface area contributed by atoms with Crippen LogP contribution in [0.5, 0.6) is 0 Å². The minimum absolute atomic E-state index is 0.0411. The largest absolute Gasteiger partial charge is 0.464 e. The summed E-state index contributed by atoms with van der Waals surface area (Å²) in [6, 6.07) is 0. The maximum absolute atomic E-state index is 12.9. The summed E-state index contributed by atoms with van der Waals surface area (Å²) in [5.74, 6) is 0.312. The second-order valence-corrected chi connectivity index (χ2v) is 6.76. The maximum Gasteiger partial charge on any atom is 0.338 e. The molecule has 2 fully saturated rings. The fraction of sp³-hybridized carbons (Fsp3) is 0.944. The first-order valence-electron chi connectivity index (χ1n) is 9.17. The fourth-order valence-electron chi connectivity index (χ4n) is 4.48. The Labute approximate surface area is 134 Å². The SMILES string of the molecule is CCOC(=O)C(OCCO)(C1CCCCC1)C1CCCCC1. The highest BCUT2D eigenvalue weighted by molar-refractivity contribution is 5.80. The molecule has 2 saturated carbocycles. The van der Waals surface area contributed by atoms with Crippen molar-refractivity contribution in [3.8, 4) is 0 Å². The van der Waals surface area contributed by atoms with Gasteiger partial charge in [0.25, 0.3) is 0 Å². The van der Waals surface area contributed by atoms with E-state index < -0.39 is 5.60 Å². The van der Waals surface area contributed by atoms with E-state index >= 15 is 0 Å². The lowest BCUT2D eigenvalue weighted by molar-refractivity contribution is -0.199. The Morgan fingerprint density at radius 1 is 1.00 bits per heavy atom. The Kier molecular flexibility index (Phi) is 7.16. The number of ether oxygens (including phenoxy) is 2. The molecule has 2 rings (SSSR count). The van der Waals surface area contributed by atoms with E-state index in [4.69, 9.17) is 9.47 Å². The smallest absolute Gasteiger partial charge is 0.338 e. The van der Waals surface area contributed by atoms with Crippen LogP contribution in [0.2, 0.25) is 0 Å². The normalized spacial score (nSPS) is 21.7. The summed E-state index contributed by atoms with van der Waals surface area (Å²) in [7, 11) is 0. The van der Waals surface area contributed by atoms with Crippen LogP contribution in [-0.4, -0.2) is 36.5 Å². The van der Waals surface area contributed by atoms with Gasteiger partial charge in [0.1, 0.15) is 0 Å². The molecule has 0 spiro atoms. The molecule has 1 N–H and O–H groups in total. The molecule has 0 atom stereocenters. The highest BCUT2D eigenvalue weighted by Crippen LogP contribution is 2.46. The van der Waals surface area contributed by atoms with Crippen molar-refractivity contribution in [2.75, 3.05) is 19.8 Å². The van der Waals surface area contributed by atoms with Crippen LogP contribution in [0.3, 0.4) is 0 Å². The molecule has 4 heteroatoms. The Morgan fingerprint density at radius 3 is 1.91 bits per heavy atom. The van der Waals surface area contributed by atoms with Gasteiger partial charge in [-0.25, -0.2) is 4.79 Å². The van der Waals surface area contributed by atoms with Crippen molar-refractivity contribution in [3.63, 3.8) is 0 Å². The monoisotopic (exact) mass is 312 g/mol. The summed E-state index contributed by atoms with van der Waals surface area (Å²) in [5.41, 5.74) is -0.820. The number of aliphatic hydroxyl groups is 1. The van der Waals surface area contributed by atoms with Crippen LogP contribution in [0, 0.1) is 11.8 Å². The molecule has 0 aromatic rings. The van der Waals surface area contributed by atoms with E-state index in [-0.39, 0.29) is 31.0 Å². The number of esters is 1. The Morgan fingerprint density at radius 2 is 1.50 bits per heavy atom. The first-order valence-corrected chi connectivity index (χ1v) is 9.17. The first kappa shape index (κ1) is 17.7. The molecular formula is C18H32O4. The van der Waals surface area contributed by atoms with Crippen LogP contribution in [-0.2, 0) is 14.3 Å². The summed E-state index contributed by atoms with van der Waals surface area (Å²) in [6.07, 6.45) is 11.3. The summed E-state index contributed by atoms with van der Waals surface area (Å²) in [5, 5.41) is 9.26. The van der Waals surface area contributed by atoms with Gasteiger partial charge in [0.05, 0.1) is 19.8 Å². The summed E-state index contributed by atoms with van der Waals surface area (Å²) in [6.45, 7) is 2.44. The molecule has 0 radical (unpaired) electrons. The molecule has 2 aliphatic carbocycles. The van der Waals surface area contributed by atoms with Gasteiger partial charge >= 0.3 is 5.97 Å². The molecule has 0 aromatic carbocycles. The van der Waals surface area contributed by atoms with Gasteiger partial charge < -0.3 is 14.6 Å². The number of carbonyl (C=O) groups is 1. The highest BCUT2D eigenvalue weighted by Gasteiger charge is 2.53. The van der Waals surface area contributed by atoms with Gasteiger partial charge in [0, 0.05) is 0 Å². The van der Waals surface area contributed by atoms with Crippen LogP contribution in [0.25, 0.3) is 0 Å². The number of hydrogen-bond acceptors (Lipinski definition) is 4. The zero-order valence-electron chi connectivity index (χ0n) is 14.0. The lowest BCUT2D eigenvalue weighted by Crippen LogP contribution is -2.56. The van der Waals surface area contributed by atoms with Crippen molar-refractivity contribution < 1.29 is 19.4 Å². The number of carbonyl (C=O) groups excluding carboxylic acids is 1. The zero-order valence-corrected chi connectivity index (χ0v) is 14.0. The van der Waals surface area contributed by atoms with Crippen molar-refractivity contribution in [2.45, 2.75) is 76.7 Å². The van der Waals surface area contributed by atoms with Gasteiger partial charge in [-0.15, -0.1) is 0 Å². The van der Waals surface area contributed by atoms with Gasteiger partial charge in [0.2, 0.25) is 0 Å². The van der Waals surface area contributed by atoms with Crippen LogP contribution >= 0.6 is 0 Å². The van der Waals surface area contributed by atoms with Gasteiger partial charge in [-0.05, 0) is 44.4 Å². The van der Waals surface area contributed by atoms with Crippen LogP contribution in [0.1, 0.15) is 71.1 Å². The van der Waals surface area contributed by atoms with Crippen LogP contribution in [0.15, 0.2) is 0 Å². The van der Waals surface area contributed by atoms with Crippen molar-refractivity contribution in [1.29, 1.82) is 0 Å². The predicted octanol–water partition coefficient (Wildman–Crippen LogP) is 3.46. The number of aliphatic hydroxyl groups excluding tert-OH is 1. The third-order valence-electron chi connectivity index (χ3n) is 5.45. The van der Waals surface area contributed by atoms with Crippen LogP contribution < -0.4 is 0 Å². The van der Waals surface area contributed by atoms with Gasteiger partial charge in [-0.2, -0.15) is 0 Å². The van der Waals surface area contributed by atoms with Crippen LogP contribution in [0.4, 0.5) is 0 Å². The predicted molar refractivity (Wildman–Crippen MR) is 85.6 cm³/mol. The number of hydrogen-bond donors (Lipinski definition) is 1. The van der Waals surface area contributed by atoms with E-state index in [1.807, 2.05) is 6.92 Å². The Hall–Kier alpha value is -0.610. The lowest BCUT2D eigenvalue weighted by atomic mass is 9.66. The first-order chi connectivity index (χ1) is 10.8. The standard InChI is InChI=1S/C18H32O4/c1-2-21-17(20)18(22-14-13-19,15-9-5-3-6-10-15)16-11-7-4-8-12-16/h15-16,19H,2-14H2,1H3. The quantitative estimate of drug-likeness (QED) is 0.731. The molecule has 0 amide bonds. The van der Waals surface area contributed by atoms with E-state index in [0.717, 1.165) is 25.7 Å². The van der Waals surface area contributed by atoms with Crippen molar-refractivity contribution >= 4 is 5.97 Å². The summed E-state index contributed by atoms with van der Waals surface area (Å²) in [4.78, 5) is 12.9. The minimum Gasteiger partial charge on any atom is -0.464 e. The minimum atomic E-state index is -0.820. The van der Waals surface area contributed by atoms with E-state index in [0.29, 0.717) is 6.61 Å². The molecule has 0 saturated heterocycles. The topological polar surface area (TPSA) is 55.8 Å². The van der Waals surface area contributed by atoms with E-state index in [1.54, 1.807) is 0 Å². The molecular weight excluding hydrogens is 280 g/mol. The average molecular weight is 312 g/mol. The molecule has 0 aromatic heterocycles. The van der Waals surface area contributed by atoms with Gasteiger partial charge in [0.15, 0.2) is 5.60 Å². The Bertz CT molecular complexity index is 312. The molecule has 4 nitrogen and oxygen atoms in total. The molecule has 128 valence electrons. The van der Waals surface area contributed by atoms with Gasteiger partial charge in [-0.1, -0.05) is 38.5 Å². The second-order valence-electron chi connectivity index (χ2n) is 6.76. The molecule has 0 bridgehead atoms. The summed E-state index contributed by atoms with van der Waals surface area (Å²) < 4.78 is 11.6. The van der Waals surface area contributed by atoms with Gasteiger partial charge in [-0.3, -0.25) is 0 Å².